The van der Waals surface area contributed by atoms with E-state index < -0.39 is 23.9 Å². The molecule has 0 unspecified atom stereocenters. The van der Waals surface area contributed by atoms with Gasteiger partial charge in [0, 0.05) is 12.1 Å². The quantitative estimate of drug-likeness (QED) is 0.492. The number of hydrogen-bond donors (Lipinski definition) is 3. The van der Waals surface area contributed by atoms with Crippen LogP contribution in [0.25, 0.3) is 0 Å². The minimum atomic E-state index is -1.19. The number of nitrogen functional groups attached to an aromatic ring is 1. The molecule has 0 bridgehead atoms. The summed E-state index contributed by atoms with van der Waals surface area (Å²) in [6.07, 6.45) is -0.0482. The molecule has 7 nitrogen and oxygen atoms in total. The van der Waals surface area contributed by atoms with Crippen molar-refractivity contribution in [1.29, 1.82) is 0 Å². The Labute approximate surface area is 122 Å². The van der Waals surface area contributed by atoms with E-state index in [2.05, 4.69) is 10.1 Å². The van der Waals surface area contributed by atoms with Gasteiger partial charge in [-0.25, -0.2) is 4.79 Å². The van der Waals surface area contributed by atoms with Crippen LogP contribution in [0, 0.1) is 0 Å². The number of methoxy groups -OCH3 is 1. The first kappa shape index (κ1) is 16.5. The van der Waals surface area contributed by atoms with E-state index in [0.717, 1.165) is 5.56 Å². The fourth-order valence-corrected chi connectivity index (χ4v) is 1.69. The Bertz CT molecular complexity index is 513. The standard InChI is InChI=1S/C14H18N2O5/c1-21-13(18)7-6-11(14(19)20)16-12(17)8-9-2-4-10(15)5-3-9/h2-5,11H,6-8,15H2,1H3,(H,16,17)(H,19,20)/t11-/m0/s1. The minimum Gasteiger partial charge on any atom is -0.480 e. The third kappa shape index (κ3) is 5.94. The van der Waals surface area contributed by atoms with E-state index in [1.165, 1.54) is 7.11 Å². The van der Waals surface area contributed by atoms with Crippen molar-refractivity contribution in [2.24, 2.45) is 0 Å². The molecule has 0 saturated carbocycles. The summed E-state index contributed by atoms with van der Waals surface area (Å²) in [6, 6.07) is 5.59. The summed E-state index contributed by atoms with van der Waals surface area (Å²) in [4.78, 5) is 33.9. The molecule has 0 saturated heterocycles. The van der Waals surface area contributed by atoms with Crippen LogP contribution in [0.3, 0.4) is 0 Å². The summed E-state index contributed by atoms with van der Waals surface area (Å²) in [5, 5.41) is 11.4. The number of aliphatic carboxylic acids is 1. The van der Waals surface area contributed by atoms with Crippen LogP contribution in [0.2, 0.25) is 0 Å². The van der Waals surface area contributed by atoms with Gasteiger partial charge >= 0.3 is 11.9 Å². The SMILES string of the molecule is COC(=O)CC[C@H](NC(=O)Cc1ccc(N)cc1)C(=O)O. The van der Waals surface area contributed by atoms with E-state index in [9.17, 15) is 14.4 Å². The van der Waals surface area contributed by atoms with Crippen LogP contribution >= 0.6 is 0 Å². The van der Waals surface area contributed by atoms with Gasteiger partial charge in [-0.2, -0.15) is 0 Å². The van der Waals surface area contributed by atoms with Crippen LogP contribution in [-0.4, -0.2) is 36.1 Å². The van der Waals surface area contributed by atoms with Crippen LogP contribution in [-0.2, 0) is 25.5 Å². The van der Waals surface area contributed by atoms with Crippen LogP contribution in [0.5, 0.6) is 0 Å². The Morgan fingerprint density at radius 2 is 1.90 bits per heavy atom. The molecule has 0 aliphatic heterocycles. The molecule has 0 aromatic heterocycles. The van der Waals surface area contributed by atoms with Gasteiger partial charge < -0.3 is 20.9 Å². The zero-order valence-electron chi connectivity index (χ0n) is 11.7. The number of esters is 1. The highest BCUT2D eigenvalue weighted by atomic mass is 16.5. The lowest BCUT2D eigenvalue weighted by atomic mass is 10.1. The molecular weight excluding hydrogens is 276 g/mol. The molecule has 1 atom stereocenters. The normalized spacial score (nSPS) is 11.5. The lowest BCUT2D eigenvalue weighted by molar-refractivity contribution is -0.144. The molecule has 4 N–H and O–H groups in total. The van der Waals surface area contributed by atoms with Gasteiger partial charge in [0.1, 0.15) is 6.04 Å². The van der Waals surface area contributed by atoms with Crippen molar-refractivity contribution < 1.29 is 24.2 Å². The number of carboxylic acid groups (broad SMARTS) is 1. The van der Waals surface area contributed by atoms with Gasteiger partial charge in [-0.3, -0.25) is 9.59 Å². The second-order valence-corrected chi connectivity index (χ2v) is 4.49. The molecule has 0 heterocycles. The van der Waals surface area contributed by atoms with Crippen molar-refractivity contribution in [3.8, 4) is 0 Å². The summed E-state index contributed by atoms with van der Waals surface area (Å²) >= 11 is 0. The number of carbonyl (C=O) groups is 3. The van der Waals surface area contributed by atoms with Gasteiger partial charge in [-0.15, -0.1) is 0 Å². The van der Waals surface area contributed by atoms with E-state index >= 15 is 0 Å². The highest BCUT2D eigenvalue weighted by molar-refractivity contribution is 5.85. The van der Waals surface area contributed by atoms with E-state index in [1.807, 2.05) is 0 Å². The first-order valence-corrected chi connectivity index (χ1v) is 6.35. The maximum absolute atomic E-state index is 11.8. The predicted octanol–water partition coefficient (Wildman–Crippen LogP) is 0.334. The van der Waals surface area contributed by atoms with Gasteiger partial charge in [0.25, 0.3) is 0 Å². The lowest BCUT2D eigenvalue weighted by Crippen LogP contribution is -2.41. The van der Waals surface area contributed by atoms with Crippen molar-refractivity contribution in [3.05, 3.63) is 29.8 Å². The molecule has 7 heteroatoms. The summed E-state index contributed by atoms with van der Waals surface area (Å²) < 4.78 is 4.44. The smallest absolute Gasteiger partial charge is 0.326 e. The Morgan fingerprint density at radius 3 is 2.43 bits per heavy atom. The van der Waals surface area contributed by atoms with Crippen molar-refractivity contribution >= 4 is 23.5 Å². The fraction of sp³-hybridized carbons (Fsp3) is 0.357. The van der Waals surface area contributed by atoms with Crippen molar-refractivity contribution in [3.63, 3.8) is 0 Å². The van der Waals surface area contributed by atoms with Gasteiger partial charge in [0.15, 0.2) is 0 Å². The molecule has 1 aromatic rings. The van der Waals surface area contributed by atoms with Crippen LogP contribution in [0.15, 0.2) is 24.3 Å². The summed E-state index contributed by atoms with van der Waals surface area (Å²) in [6.45, 7) is 0. The van der Waals surface area contributed by atoms with E-state index in [4.69, 9.17) is 10.8 Å². The number of anilines is 1. The number of carbonyl (C=O) groups excluding carboxylic acids is 2. The number of amides is 1. The number of benzene rings is 1. The largest absolute Gasteiger partial charge is 0.480 e. The molecule has 1 amide bonds. The molecule has 0 aliphatic carbocycles. The van der Waals surface area contributed by atoms with Gasteiger partial charge in [-0.05, 0) is 24.1 Å². The predicted molar refractivity (Wildman–Crippen MR) is 75.4 cm³/mol. The highest BCUT2D eigenvalue weighted by Gasteiger charge is 2.21. The average Bonchev–Trinajstić information content (AvgIpc) is 2.45. The van der Waals surface area contributed by atoms with Crippen LogP contribution < -0.4 is 11.1 Å². The second kappa shape index (κ2) is 7.88. The lowest BCUT2D eigenvalue weighted by Gasteiger charge is -2.14. The maximum Gasteiger partial charge on any atom is 0.326 e. The Balaban J connectivity index is 2.54. The summed E-state index contributed by atoms with van der Waals surface area (Å²) in [7, 11) is 1.22. The molecule has 0 spiro atoms. The number of carboxylic acids is 1. The van der Waals surface area contributed by atoms with E-state index in [-0.39, 0.29) is 19.3 Å². The average molecular weight is 294 g/mol. The second-order valence-electron chi connectivity index (χ2n) is 4.49. The van der Waals surface area contributed by atoms with Crippen molar-refractivity contribution in [2.75, 3.05) is 12.8 Å². The zero-order chi connectivity index (χ0) is 15.8. The van der Waals surface area contributed by atoms with Crippen LogP contribution in [0.1, 0.15) is 18.4 Å². The van der Waals surface area contributed by atoms with Crippen LogP contribution in [0.4, 0.5) is 5.69 Å². The molecule has 1 rings (SSSR count). The third-order valence-electron chi connectivity index (χ3n) is 2.84. The zero-order valence-corrected chi connectivity index (χ0v) is 11.7. The molecule has 0 radical (unpaired) electrons. The number of hydrogen-bond acceptors (Lipinski definition) is 5. The monoisotopic (exact) mass is 294 g/mol. The first-order valence-electron chi connectivity index (χ1n) is 6.35. The highest BCUT2D eigenvalue weighted by Crippen LogP contribution is 2.07. The number of nitrogens with one attached hydrogen (secondary N) is 1. The topological polar surface area (TPSA) is 119 Å². The minimum absolute atomic E-state index is 0.0184. The summed E-state index contributed by atoms with van der Waals surface area (Å²) in [5.74, 6) is -2.14. The molecule has 114 valence electrons. The van der Waals surface area contributed by atoms with Gasteiger partial charge in [-0.1, -0.05) is 12.1 Å². The molecule has 0 fully saturated rings. The number of nitrogens with two attached hydrogens (primary N) is 1. The Kier molecular flexibility index (Phi) is 6.19. The van der Waals surface area contributed by atoms with Gasteiger partial charge in [0.05, 0.1) is 13.5 Å². The Morgan fingerprint density at radius 1 is 1.29 bits per heavy atom. The fourth-order valence-electron chi connectivity index (χ4n) is 1.69. The third-order valence-corrected chi connectivity index (χ3v) is 2.84. The molecule has 21 heavy (non-hydrogen) atoms. The number of rotatable bonds is 7. The first-order chi connectivity index (χ1) is 9.92. The van der Waals surface area contributed by atoms with E-state index in [1.54, 1.807) is 24.3 Å². The molecule has 0 aliphatic rings. The van der Waals surface area contributed by atoms with E-state index in [0.29, 0.717) is 5.69 Å². The maximum atomic E-state index is 11.8. The van der Waals surface area contributed by atoms with Crippen molar-refractivity contribution in [2.45, 2.75) is 25.3 Å². The van der Waals surface area contributed by atoms with Crippen molar-refractivity contribution in [1.82, 2.24) is 5.32 Å². The summed E-state index contributed by atoms with van der Waals surface area (Å²) in [5.41, 5.74) is 6.84. The molecular formula is C14H18N2O5. The number of ether oxygens (including phenoxy) is 1. The van der Waals surface area contributed by atoms with Gasteiger partial charge in [0.2, 0.25) is 5.91 Å². The Hall–Kier alpha value is -2.57. The molecule has 1 aromatic carbocycles.